The van der Waals surface area contributed by atoms with Crippen molar-refractivity contribution in [2.45, 2.75) is 49.6 Å². The molecule has 3 rings (SSSR count). The average Bonchev–Trinajstić information content (AvgIpc) is 3.12. The molecule has 144 valence electrons. The Balaban J connectivity index is 1.92. The normalized spacial score (nSPS) is 24.4. The highest BCUT2D eigenvalue weighted by molar-refractivity contribution is 7.89. The number of aryl methyl sites for hydroxylation is 1. The van der Waals surface area contributed by atoms with Gasteiger partial charge >= 0.3 is 5.97 Å². The summed E-state index contributed by atoms with van der Waals surface area (Å²) < 4.78 is 38.6. The van der Waals surface area contributed by atoms with E-state index in [4.69, 9.17) is 9.47 Å². The van der Waals surface area contributed by atoms with Gasteiger partial charge in [0.1, 0.15) is 22.8 Å². The molecule has 1 N–H and O–H groups in total. The zero-order valence-electron chi connectivity index (χ0n) is 15.2. The lowest BCUT2D eigenvalue weighted by molar-refractivity contribution is -0.144. The maximum atomic E-state index is 13.3. The number of sulfonamides is 1. The molecule has 2 heterocycles. The van der Waals surface area contributed by atoms with Crippen molar-refractivity contribution in [3.8, 4) is 5.75 Å². The van der Waals surface area contributed by atoms with E-state index in [9.17, 15) is 13.2 Å². The first-order chi connectivity index (χ1) is 12.4. The summed E-state index contributed by atoms with van der Waals surface area (Å²) in [6, 6.07) is 4.31. The van der Waals surface area contributed by atoms with Gasteiger partial charge in [-0.2, -0.15) is 4.31 Å². The molecule has 2 aliphatic rings. The smallest absolute Gasteiger partial charge is 0.324 e. The maximum Gasteiger partial charge on any atom is 0.324 e. The summed E-state index contributed by atoms with van der Waals surface area (Å²) in [5.41, 5.74) is 0.925. The lowest BCUT2D eigenvalue weighted by atomic mass is 10.1. The number of ether oxygens (including phenoxy) is 2. The fourth-order valence-corrected chi connectivity index (χ4v) is 5.30. The summed E-state index contributed by atoms with van der Waals surface area (Å²) in [6.45, 7) is 3.85. The molecule has 7 nitrogen and oxygen atoms in total. The minimum absolute atomic E-state index is 0.0607. The Morgan fingerprint density at radius 2 is 2.08 bits per heavy atom. The molecule has 0 aliphatic carbocycles. The summed E-state index contributed by atoms with van der Waals surface area (Å²) in [7, 11) is -2.57. The third-order valence-electron chi connectivity index (χ3n) is 4.91. The highest BCUT2D eigenvalue weighted by Gasteiger charge is 2.41. The number of benzene rings is 1. The molecule has 0 spiro atoms. The van der Waals surface area contributed by atoms with E-state index in [0.717, 1.165) is 24.9 Å². The first-order valence-electron chi connectivity index (χ1n) is 9.01. The highest BCUT2D eigenvalue weighted by Crippen LogP contribution is 2.33. The van der Waals surface area contributed by atoms with Crippen molar-refractivity contribution < 1.29 is 22.7 Å². The van der Waals surface area contributed by atoms with Gasteiger partial charge < -0.3 is 14.8 Å². The van der Waals surface area contributed by atoms with Gasteiger partial charge in [0, 0.05) is 13.1 Å². The van der Waals surface area contributed by atoms with Crippen LogP contribution in [0.3, 0.4) is 0 Å². The molecular formula is C18H26N2O5S. The Bertz CT molecular complexity index is 759. The monoisotopic (exact) mass is 382 g/mol. The van der Waals surface area contributed by atoms with Crippen LogP contribution in [0.4, 0.5) is 0 Å². The van der Waals surface area contributed by atoms with Gasteiger partial charge in [0.05, 0.1) is 7.11 Å². The van der Waals surface area contributed by atoms with Crippen LogP contribution in [0, 0.1) is 6.92 Å². The van der Waals surface area contributed by atoms with Crippen LogP contribution in [-0.4, -0.2) is 57.6 Å². The van der Waals surface area contributed by atoms with E-state index >= 15 is 0 Å². The minimum Gasteiger partial charge on any atom is -0.488 e. The fraction of sp³-hybridized carbons (Fsp3) is 0.611. The molecule has 2 fully saturated rings. The Morgan fingerprint density at radius 3 is 2.77 bits per heavy atom. The number of carbonyl (C=O) groups is 1. The Labute approximate surface area is 154 Å². The van der Waals surface area contributed by atoms with Crippen molar-refractivity contribution in [1.29, 1.82) is 0 Å². The first kappa shape index (κ1) is 19.1. The topological polar surface area (TPSA) is 84.9 Å². The number of esters is 1. The summed E-state index contributed by atoms with van der Waals surface area (Å²) in [4.78, 5) is 12.1. The van der Waals surface area contributed by atoms with Gasteiger partial charge in [-0.1, -0.05) is 6.07 Å². The number of nitrogens with zero attached hydrogens (tertiary/aromatic N) is 1. The molecule has 2 atom stereocenters. The zero-order valence-corrected chi connectivity index (χ0v) is 16.0. The second kappa shape index (κ2) is 7.94. The highest BCUT2D eigenvalue weighted by atomic mass is 32.2. The number of methoxy groups -OCH3 is 1. The van der Waals surface area contributed by atoms with Crippen LogP contribution in [0.1, 0.15) is 31.2 Å². The Kier molecular flexibility index (Phi) is 5.84. The van der Waals surface area contributed by atoms with Gasteiger partial charge in [0.25, 0.3) is 0 Å². The third kappa shape index (κ3) is 3.87. The molecule has 0 unspecified atom stereocenters. The van der Waals surface area contributed by atoms with Crippen molar-refractivity contribution >= 4 is 16.0 Å². The molecule has 0 aromatic heterocycles. The number of hydrogen-bond donors (Lipinski definition) is 1. The third-order valence-corrected chi connectivity index (χ3v) is 6.86. The van der Waals surface area contributed by atoms with E-state index < -0.39 is 22.0 Å². The molecule has 2 aliphatic heterocycles. The molecule has 0 bridgehead atoms. The Hall–Kier alpha value is -1.64. The Morgan fingerprint density at radius 1 is 1.27 bits per heavy atom. The number of nitrogens with one attached hydrogen (secondary N) is 1. The minimum atomic E-state index is -3.85. The largest absolute Gasteiger partial charge is 0.488 e. The molecule has 2 saturated heterocycles. The van der Waals surface area contributed by atoms with Crippen molar-refractivity contribution in [1.82, 2.24) is 9.62 Å². The zero-order chi connectivity index (χ0) is 18.7. The van der Waals surface area contributed by atoms with Crippen molar-refractivity contribution in [2.75, 3.05) is 26.7 Å². The van der Waals surface area contributed by atoms with Crippen LogP contribution in [0.25, 0.3) is 0 Å². The predicted molar refractivity (Wildman–Crippen MR) is 96.6 cm³/mol. The van der Waals surface area contributed by atoms with E-state index in [0.29, 0.717) is 31.7 Å². The van der Waals surface area contributed by atoms with E-state index in [-0.39, 0.29) is 11.0 Å². The summed E-state index contributed by atoms with van der Waals surface area (Å²) >= 11 is 0. The predicted octanol–water partition coefficient (Wildman–Crippen LogP) is 1.45. The van der Waals surface area contributed by atoms with Crippen LogP contribution in [-0.2, 0) is 19.6 Å². The quantitative estimate of drug-likeness (QED) is 0.776. The van der Waals surface area contributed by atoms with Gasteiger partial charge in [0.15, 0.2) is 0 Å². The molecule has 8 heteroatoms. The summed E-state index contributed by atoms with van der Waals surface area (Å²) in [5.74, 6) is -0.161. The standard InChI is InChI=1S/C18H26N2O5S/c1-13-7-8-17(16(11-13)25-14-5-3-9-19-12-14)26(22,23)20-10-4-6-15(20)18(21)24-2/h7-8,11,14-15,19H,3-6,9-10,12H2,1-2H3/t14-,15+/m1/s1. The molecular weight excluding hydrogens is 356 g/mol. The lowest BCUT2D eigenvalue weighted by Crippen LogP contribution is -2.41. The van der Waals surface area contributed by atoms with Crippen LogP contribution in [0.15, 0.2) is 23.1 Å². The van der Waals surface area contributed by atoms with E-state index in [1.807, 2.05) is 6.92 Å². The molecule has 0 radical (unpaired) electrons. The van der Waals surface area contributed by atoms with Crippen molar-refractivity contribution in [3.05, 3.63) is 23.8 Å². The van der Waals surface area contributed by atoms with Crippen LogP contribution in [0.5, 0.6) is 5.75 Å². The summed E-state index contributed by atoms with van der Waals surface area (Å²) in [5, 5.41) is 3.27. The average molecular weight is 382 g/mol. The number of hydrogen-bond acceptors (Lipinski definition) is 6. The van der Waals surface area contributed by atoms with E-state index in [2.05, 4.69) is 5.32 Å². The fourth-order valence-electron chi connectivity index (χ4n) is 3.55. The first-order valence-corrected chi connectivity index (χ1v) is 10.4. The molecule has 26 heavy (non-hydrogen) atoms. The second-order valence-electron chi connectivity index (χ2n) is 6.83. The molecule has 0 amide bonds. The second-order valence-corrected chi connectivity index (χ2v) is 8.69. The lowest BCUT2D eigenvalue weighted by Gasteiger charge is -2.27. The SMILES string of the molecule is COC(=O)[C@@H]1CCCN1S(=O)(=O)c1ccc(C)cc1O[C@@H]1CCCNC1. The van der Waals surface area contributed by atoms with Crippen molar-refractivity contribution in [2.24, 2.45) is 0 Å². The molecule has 0 saturated carbocycles. The molecule has 1 aromatic rings. The van der Waals surface area contributed by atoms with Crippen molar-refractivity contribution in [3.63, 3.8) is 0 Å². The molecule has 1 aromatic carbocycles. The number of rotatable bonds is 5. The van der Waals surface area contributed by atoms with E-state index in [1.165, 1.54) is 11.4 Å². The van der Waals surface area contributed by atoms with Gasteiger partial charge in [0.2, 0.25) is 10.0 Å². The number of piperidine rings is 1. The number of carbonyl (C=O) groups excluding carboxylic acids is 1. The van der Waals surface area contributed by atoms with Crippen LogP contribution in [0.2, 0.25) is 0 Å². The van der Waals surface area contributed by atoms with Crippen LogP contribution >= 0.6 is 0 Å². The van der Waals surface area contributed by atoms with Gasteiger partial charge in [-0.25, -0.2) is 8.42 Å². The van der Waals surface area contributed by atoms with Gasteiger partial charge in [-0.15, -0.1) is 0 Å². The van der Waals surface area contributed by atoms with Crippen LogP contribution < -0.4 is 10.1 Å². The van der Waals surface area contributed by atoms with Gasteiger partial charge in [-0.05, 0) is 56.8 Å². The van der Waals surface area contributed by atoms with E-state index in [1.54, 1.807) is 18.2 Å². The maximum absolute atomic E-state index is 13.3. The van der Waals surface area contributed by atoms with Gasteiger partial charge in [-0.3, -0.25) is 4.79 Å². The summed E-state index contributed by atoms with van der Waals surface area (Å²) in [6.07, 6.45) is 2.92.